The van der Waals surface area contributed by atoms with Gasteiger partial charge in [0.15, 0.2) is 11.6 Å². The van der Waals surface area contributed by atoms with E-state index < -0.39 is 17.6 Å². The molecule has 5 N–H and O–H groups in total. The number of carbonyl (C=O) groups is 1. The van der Waals surface area contributed by atoms with Crippen molar-refractivity contribution in [2.75, 3.05) is 0 Å². The molecule has 0 aromatic heterocycles. The molecule has 108 valence electrons. The lowest BCUT2D eigenvalue weighted by atomic mass is 10.0. The van der Waals surface area contributed by atoms with Gasteiger partial charge in [-0.1, -0.05) is 12.1 Å². The number of benzene rings is 2. The topological polar surface area (TPSA) is 108 Å². The van der Waals surface area contributed by atoms with Gasteiger partial charge in [-0.3, -0.25) is 0 Å². The lowest BCUT2D eigenvalue weighted by molar-refractivity contribution is 0.249. The van der Waals surface area contributed by atoms with Gasteiger partial charge in [-0.25, -0.2) is 14.6 Å². The van der Waals surface area contributed by atoms with Crippen molar-refractivity contribution in [1.29, 1.82) is 0 Å². The van der Waals surface area contributed by atoms with Gasteiger partial charge in [0.05, 0.1) is 6.21 Å². The maximum absolute atomic E-state index is 13.3. The van der Waals surface area contributed by atoms with E-state index >= 15 is 0 Å². The van der Waals surface area contributed by atoms with Gasteiger partial charge in [-0.05, 0) is 35.4 Å². The third kappa shape index (κ3) is 3.47. The number of hydrazone groups is 1. The Morgan fingerprint density at radius 3 is 2.38 bits per heavy atom. The third-order valence-corrected chi connectivity index (χ3v) is 2.69. The number of primary amides is 1. The molecule has 2 aromatic carbocycles. The summed E-state index contributed by atoms with van der Waals surface area (Å²) in [5.74, 6) is -1.25. The standard InChI is InChI=1S/C14H12FN3O3/c15-11-6-9(2-4-13(11)20)8-1-3-12(19)10(5-8)7-17-18-14(16)21/h1-7,19-20H,(H3,16,18,21)/b17-7+. The summed E-state index contributed by atoms with van der Waals surface area (Å²) in [4.78, 5) is 10.5. The van der Waals surface area contributed by atoms with Crippen LogP contribution in [0.2, 0.25) is 0 Å². The monoisotopic (exact) mass is 289 g/mol. The summed E-state index contributed by atoms with van der Waals surface area (Å²) in [6.07, 6.45) is 1.21. The van der Waals surface area contributed by atoms with Crippen molar-refractivity contribution in [3.05, 3.63) is 47.8 Å². The first-order chi connectivity index (χ1) is 9.97. The number of hydrogen-bond acceptors (Lipinski definition) is 4. The number of nitrogens with zero attached hydrogens (tertiary/aromatic N) is 1. The Labute approximate surface area is 119 Å². The molecule has 0 radical (unpaired) electrons. The quantitative estimate of drug-likeness (QED) is 0.512. The molecule has 2 aromatic rings. The molecule has 0 saturated carbocycles. The zero-order chi connectivity index (χ0) is 15.4. The normalized spacial score (nSPS) is 10.7. The fourth-order valence-electron chi connectivity index (χ4n) is 1.69. The summed E-state index contributed by atoms with van der Waals surface area (Å²) in [7, 11) is 0. The number of phenols is 2. The Morgan fingerprint density at radius 2 is 1.76 bits per heavy atom. The fraction of sp³-hybridized carbons (Fsp3) is 0. The zero-order valence-corrected chi connectivity index (χ0v) is 10.7. The number of rotatable bonds is 3. The van der Waals surface area contributed by atoms with Gasteiger partial charge in [-0.15, -0.1) is 0 Å². The summed E-state index contributed by atoms with van der Waals surface area (Å²) in [6, 6.07) is 7.65. The number of urea groups is 1. The fourth-order valence-corrected chi connectivity index (χ4v) is 1.69. The molecule has 0 spiro atoms. The highest BCUT2D eigenvalue weighted by Crippen LogP contribution is 2.28. The van der Waals surface area contributed by atoms with E-state index in [1.165, 1.54) is 30.5 Å². The summed E-state index contributed by atoms with van der Waals surface area (Å²) in [5, 5.41) is 22.4. The van der Waals surface area contributed by atoms with E-state index in [-0.39, 0.29) is 5.75 Å². The van der Waals surface area contributed by atoms with E-state index in [2.05, 4.69) is 5.10 Å². The molecular formula is C14H12FN3O3. The van der Waals surface area contributed by atoms with Gasteiger partial charge < -0.3 is 15.9 Å². The average Bonchev–Trinajstić information content (AvgIpc) is 2.43. The largest absolute Gasteiger partial charge is 0.507 e. The van der Waals surface area contributed by atoms with Crippen LogP contribution in [0.15, 0.2) is 41.5 Å². The first-order valence-electron chi connectivity index (χ1n) is 5.88. The highest BCUT2D eigenvalue weighted by Gasteiger charge is 2.06. The Kier molecular flexibility index (Phi) is 4.03. The van der Waals surface area contributed by atoms with Crippen LogP contribution in [0.4, 0.5) is 9.18 Å². The lowest BCUT2D eigenvalue weighted by Gasteiger charge is -2.06. The molecule has 2 rings (SSSR count). The SMILES string of the molecule is NC(=O)N/N=C/c1cc(-c2ccc(O)c(F)c2)ccc1O. The zero-order valence-electron chi connectivity index (χ0n) is 10.7. The Bertz CT molecular complexity index is 717. The number of nitrogens with one attached hydrogen (secondary N) is 1. The number of hydrogen-bond donors (Lipinski definition) is 4. The summed E-state index contributed by atoms with van der Waals surface area (Å²) < 4.78 is 13.3. The van der Waals surface area contributed by atoms with Crippen molar-refractivity contribution >= 4 is 12.2 Å². The number of halogens is 1. The predicted molar refractivity (Wildman–Crippen MR) is 75.5 cm³/mol. The first-order valence-corrected chi connectivity index (χ1v) is 5.88. The first kappa shape index (κ1) is 14.3. The second-order valence-corrected chi connectivity index (χ2v) is 4.17. The van der Waals surface area contributed by atoms with Gasteiger partial charge in [0, 0.05) is 5.56 Å². The molecule has 0 atom stereocenters. The van der Waals surface area contributed by atoms with Crippen molar-refractivity contribution in [3.8, 4) is 22.6 Å². The predicted octanol–water partition coefficient (Wildman–Crippen LogP) is 1.91. The minimum absolute atomic E-state index is 0.0620. The maximum Gasteiger partial charge on any atom is 0.332 e. The van der Waals surface area contributed by atoms with Gasteiger partial charge in [0.2, 0.25) is 0 Å². The Hall–Kier alpha value is -3.09. The van der Waals surface area contributed by atoms with E-state index in [0.717, 1.165) is 0 Å². The van der Waals surface area contributed by atoms with Crippen LogP contribution in [-0.2, 0) is 0 Å². The highest BCUT2D eigenvalue weighted by molar-refractivity contribution is 5.87. The van der Waals surface area contributed by atoms with E-state index in [1.807, 2.05) is 5.43 Å². The number of aromatic hydroxyl groups is 2. The Balaban J connectivity index is 2.35. The van der Waals surface area contributed by atoms with Crippen molar-refractivity contribution in [2.45, 2.75) is 0 Å². The number of amides is 2. The average molecular weight is 289 g/mol. The molecule has 0 aliphatic rings. The van der Waals surface area contributed by atoms with Crippen LogP contribution in [-0.4, -0.2) is 22.5 Å². The molecule has 0 saturated heterocycles. The van der Waals surface area contributed by atoms with E-state index in [0.29, 0.717) is 16.7 Å². The van der Waals surface area contributed by atoms with Gasteiger partial charge in [-0.2, -0.15) is 5.10 Å². The maximum atomic E-state index is 13.3. The van der Waals surface area contributed by atoms with Gasteiger partial charge >= 0.3 is 6.03 Å². The summed E-state index contributed by atoms with van der Waals surface area (Å²) in [5.41, 5.74) is 8.29. The molecule has 0 fully saturated rings. The van der Waals surface area contributed by atoms with Crippen molar-refractivity contribution in [2.24, 2.45) is 10.8 Å². The van der Waals surface area contributed by atoms with E-state index in [4.69, 9.17) is 10.8 Å². The van der Waals surface area contributed by atoms with Crippen LogP contribution < -0.4 is 11.2 Å². The van der Waals surface area contributed by atoms with Crippen molar-refractivity contribution in [3.63, 3.8) is 0 Å². The summed E-state index contributed by atoms with van der Waals surface area (Å²) >= 11 is 0. The number of carbonyl (C=O) groups excluding carboxylic acids is 1. The minimum atomic E-state index is -0.831. The van der Waals surface area contributed by atoms with Crippen LogP contribution in [0.3, 0.4) is 0 Å². The van der Waals surface area contributed by atoms with Crippen LogP contribution in [0, 0.1) is 5.82 Å². The highest BCUT2D eigenvalue weighted by atomic mass is 19.1. The van der Waals surface area contributed by atoms with Crippen LogP contribution >= 0.6 is 0 Å². The Morgan fingerprint density at radius 1 is 1.14 bits per heavy atom. The molecule has 7 heteroatoms. The van der Waals surface area contributed by atoms with Crippen LogP contribution in [0.1, 0.15) is 5.56 Å². The molecule has 0 unspecified atom stereocenters. The number of phenolic OH excluding ortho intramolecular Hbond substituents is 2. The molecule has 0 heterocycles. The van der Waals surface area contributed by atoms with Gasteiger partial charge in [0.25, 0.3) is 0 Å². The minimum Gasteiger partial charge on any atom is -0.507 e. The smallest absolute Gasteiger partial charge is 0.332 e. The van der Waals surface area contributed by atoms with E-state index in [9.17, 15) is 14.3 Å². The lowest BCUT2D eigenvalue weighted by Crippen LogP contribution is -2.24. The molecule has 0 bridgehead atoms. The van der Waals surface area contributed by atoms with Crippen LogP contribution in [0.5, 0.6) is 11.5 Å². The molecule has 2 amide bonds. The molecule has 0 aliphatic heterocycles. The molecule has 6 nitrogen and oxygen atoms in total. The molecular weight excluding hydrogens is 277 g/mol. The molecule has 21 heavy (non-hydrogen) atoms. The second kappa shape index (κ2) is 5.91. The van der Waals surface area contributed by atoms with Crippen molar-refractivity contribution < 1.29 is 19.4 Å². The van der Waals surface area contributed by atoms with E-state index in [1.54, 1.807) is 12.1 Å². The third-order valence-electron chi connectivity index (χ3n) is 2.69. The summed E-state index contributed by atoms with van der Waals surface area (Å²) in [6.45, 7) is 0. The van der Waals surface area contributed by atoms with Crippen LogP contribution in [0.25, 0.3) is 11.1 Å². The van der Waals surface area contributed by atoms with Crippen molar-refractivity contribution in [1.82, 2.24) is 5.43 Å². The number of nitrogens with two attached hydrogens (primary N) is 1. The molecule has 0 aliphatic carbocycles. The second-order valence-electron chi connectivity index (χ2n) is 4.17. The van der Waals surface area contributed by atoms with Gasteiger partial charge in [0.1, 0.15) is 5.75 Å².